The van der Waals surface area contributed by atoms with Crippen LogP contribution in [0, 0.1) is 0 Å². The lowest BCUT2D eigenvalue weighted by molar-refractivity contribution is -0.125. The number of rotatable bonds is 7. The predicted octanol–water partition coefficient (Wildman–Crippen LogP) is 3.47. The van der Waals surface area contributed by atoms with Gasteiger partial charge in [0.05, 0.1) is 0 Å². The summed E-state index contributed by atoms with van der Waals surface area (Å²) in [5, 5.41) is 2.97. The third-order valence-electron chi connectivity index (χ3n) is 4.35. The smallest absolute Gasteiger partial charge is 0.255 e. The van der Waals surface area contributed by atoms with Gasteiger partial charge in [-0.15, -0.1) is 0 Å². The fourth-order valence-electron chi connectivity index (χ4n) is 3.08. The summed E-state index contributed by atoms with van der Waals surface area (Å²) in [4.78, 5) is 27.3. The van der Waals surface area contributed by atoms with Gasteiger partial charge >= 0.3 is 0 Å². The third kappa shape index (κ3) is 4.28. The molecule has 2 aromatic carbocycles. The van der Waals surface area contributed by atoms with Gasteiger partial charge in [-0.1, -0.05) is 48.5 Å². The van der Waals surface area contributed by atoms with Gasteiger partial charge in [0.15, 0.2) is 0 Å². The number of carbonyl (C=O) groups is 2. The van der Waals surface area contributed by atoms with Crippen LogP contribution in [-0.4, -0.2) is 34.6 Å². The van der Waals surface area contributed by atoms with Crippen LogP contribution in [0.5, 0.6) is 0 Å². The van der Waals surface area contributed by atoms with Crippen molar-refractivity contribution >= 4 is 23.6 Å². The summed E-state index contributed by atoms with van der Waals surface area (Å²) < 4.78 is 0. The highest BCUT2D eigenvalue weighted by Gasteiger charge is 2.36. The number of benzene rings is 2. The summed E-state index contributed by atoms with van der Waals surface area (Å²) in [6, 6.07) is 17.4. The molecule has 1 atom stereocenters. The summed E-state index contributed by atoms with van der Waals surface area (Å²) >= 11 is 1.68. The fourth-order valence-corrected chi connectivity index (χ4v) is 4.18. The molecule has 1 heterocycles. The fraction of sp³-hybridized carbons (Fsp3) is 0.333. The summed E-state index contributed by atoms with van der Waals surface area (Å²) in [6.45, 7) is 4.37. The number of thioether (sulfide) groups is 1. The zero-order chi connectivity index (χ0) is 18.5. The second-order valence-corrected chi connectivity index (χ2v) is 7.80. The van der Waals surface area contributed by atoms with E-state index in [0.29, 0.717) is 17.9 Å². The SMILES string of the molecule is CC(C)NC(=O)[C@H](CSCc1ccccc1)N1Cc2ccccc2C1=O. The highest BCUT2D eigenvalue weighted by Crippen LogP contribution is 2.26. The van der Waals surface area contributed by atoms with Crippen LogP contribution in [0.15, 0.2) is 54.6 Å². The molecule has 0 fully saturated rings. The van der Waals surface area contributed by atoms with Crippen molar-refractivity contribution in [2.75, 3.05) is 5.75 Å². The Morgan fingerprint density at radius 3 is 2.50 bits per heavy atom. The summed E-state index contributed by atoms with van der Waals surface area (Å²) in [7, 11) is 0. The third-order valence-corrected chi connectivity index (χ3v) is 5.44. The molecule has 1 aliphatic rings. The minimum Gasteiger partial charge on any atom is -0.352 e. The van der Waals surface area contributed by atoms with Gasteiger partial charge in [0, 0.05) is 29.7 Å². The van der Waals surface area contributed by atoms with Crippen molar-refractivity contribution in [2.24, 2.45) is 0 Å². The molecule has 0 saturated carbocycles. The Morgan fingerprint density at radius 1 is 1.12 bits per heavy atom. The number of nitrogens with one attached hydrogen (secondary N) is 1. The standard InChI is InChI=1S/C21H24N2O2S/c1-15(2)22-20(24)19(14-26-13-16-8-4-3-5-9-16)23-12-17-10-6-7-11-18(17)21(23)25/h3-11,15,19H,12-14H2,1-2H3,(H,22,24)/t19-/m0/s1. The van der Waals surface area contributed by atoms with Crippen molar-refractivity contribution in [3.05, 3.63) is 71.3 Å². The van der Waals surface area contributed by atoms with Crippen LogP contribution in [0.2, 0.25) is 0 Å². The number of hydrogen-bond donors (Lipinski definition) is 1. The minimum absolute atomic E-state index is 0.0456. The van der Waals surface area contributed by atoms with E-state index in [-0.39, 0.29) is 17.9 Å². The molecule has 5 heteroatoms. The number of carbonyl (C=O) groups excluding carboxylic acids is 2. The van der Waals surface area contributed by atoms with Gasteiger partial charge in [0.25, 0.3) is 5.91 Å². The molecule has 2 amide bonds. The Balaban J connectivity index is 1.72. The largest absolute Gasteiger partial charge is 0.352 e. The lowest BCUT2D eigenvalue weighted by Gasteiger charge is -2.27. The molecule has 0 aliphatic carbocycles. The molecule has 4 nitrogen and oxygen atoms in total. The second kappa shape index (κ2) is 8.41. The first-order valence-electron chi connectivity index (χ1n) is 8.87. The van der Waals surface area contributed by atoms with Gasteiger partial charge < -0.3 is 10.2 Å². The molecular formula is C21H24N2O2S. The number of amides is 2. The van der Waals surface area contributed by atoms with Gasteiger partial charge in [0.2, 0.25) is 5.91 Å². The average molecular weight is 369 g/mol. The van der Waals surface area contributed by atoms with E-state index in [4.69, 9.17) is 0 Å². The zero-order valence-electron chi connectivity index (χ0n) is 15.1. The van der Waals surface area contributed by atoms with E-state index in [1.807, 2.05) is 56.3 Å². The molecular weight excluding hydrogens is 344 g/mol. The van der Waals surface area contributed by atoms with E-state index in [2.05, 4.69) is 17.4 Å². The molecule has 0 radical (unpaired) electrons. The first-order chi connectivity index (χ1) is 12.6. The van der Waals surface area contributed by atoms with Gasteiger partial charge in [0.1, 0.15) is 6.04 Å². The maximum atomic E-state index is 12.8. The Kier molecular flexibility index (Phi) is 5.99. The van der Waals surface area contributed by atoms with Crippen molar-refractivity contribution in [3.8, 4) is 0 Å². The average Bonchev–Trinajstić information content (AvgIpc) is 2.96. The second-order valence-electron chi connectivity index (χ2n) is 6.77. The van der Waals surface area contributed by atoms with Crippen LogP contribution in [0.3, 0.4) is 0 Å². The van der Waals surface area contributed by atoms with Crippen molar-refractivity contribution in [3.63, 3.8) is 0 Å². The highest BCUT2D eigenvalue weighted by atomic mass is 32.2. The molecule has 1 N–H and O–H groups in total. The topological polar surface area (TPSA) is 49.4 Å². The lowest BCUT2D eigenvalue weighted by atomic mass is 10.1. The Morgan fingerprint density at radius 2 is 1.81 bits per heavy atom. The molecule has 0 spiro atoms. The van der Waals surface area contributed by atoms with Crippen LogP contribution < -0.4 is 5.32 Å². The quantitative estimate of drug-likeness (QED) is 0.814. The normalized spacial score (nSPS) is 14.4. The van der Waals surface area contributed by atoms with Crippen molar-refractivity contribution < 1.29 is 9.59 Å². The van der Waals surface area contributed by atoms with Crippen LogP contribution >= 0.6 is 11.8 Å². The lowest BCUT2D eigenvalue weighted by Crippen LogP contribution is -2.50. The molecule has 136 valence electrons. The maximum Gasteiger partial charge on any atom is 0.255 e. The van der Waals surface area contributed by atoms with E-state index in [0.717, 1.165) is 11.3 Å². The molecule has 1 aliphatic heterocycles. The zero-order valence-corrected chi connectivity index (χ0v) is 16.0. The first kappa shape index (κ1) is 18.5. The molecule has 0 bridgehead atoms. The van der Waals surface area contributed by atoms with Crippen LogP contribution in [0.1, 0.15) is 35.3 Å². The van der Waals surface area contributed by atoms with Gasteiger partial charge in [-0.3, -0.25) is 9.59 Å². The summed E-state index contributed by atoms with van der Waals surface area (Å²) in [5.74, 6) is 1.26. The van der Waals surface area contributed by atoms with Crippen molar-refractivity contribution in [1.82, 2.24) is 10.2 Å². The summed E-state index contributed by atoms with van der Waals surface area (Å²) in [6.07, 6.45) is 0. The molecule has 0 saturated heterocycles. The van der Waals surface area contributed by atoms with E-state index in [1.54, 1.807) is 16.7 Å². The van der Waals surface area contributed by atoms with Crippen molar-refractivity contribution in [1.29, 1.82) is 0 Å². The van der Waals surface area contributed by atoms with Crippen molar-refractivity contribution in [2.45, 2.75) is 38.2 Å². The van der Waals surface area contributed by atoms with E-state index < -0.39 is 6.04 Å². The predicted molar refractivity (Wildman–Crippen MR) is 106 cm³/mol. The maximum absolute atomic E-state index is 12.8. The summed E-state index contributed by atoms with van der Waals surface area (Å²) in [5.41, 5.74) is 2.92. The highest BCUT2D eigenvalue weighted by molar-refractivity contribution is 7.98. The van der Waals surface area contributed by atoms with Gasteiger partial charge in [-0.2, -0.15) is 11.8 Å². The van der Waals surface area contributed by atoms with E-state index >= 15 is 0 Å². The minimum atomic E-state index is -0.467. The van der Waals surface area contributed by atoms with E-state index in [9.17, 15) is 9.59 Å². The van der Waals surface area contributed by atoms with Crippen LogP contribution in [0.4, 0.5) is 0 Å². The molecule has 2 aromatic rings. The molecule has 3 rings (SSSR count). The Labute approximate surface area is 159 Å². The molecule has 0 unspecified atom stereocenters. The van der Waals surface area contributed by atoms with Gasteiger partial charge in [-0.05, 0) is 31.0 Å². The number of hydrogen-bond acceptors (Lipinski definition) is 3. The number of nitrogens with zero attached hydrogens (tertiary/aromatic N) is 1. The molecule has 26 heavy (non-hydrogen) atoms. The first-order valence-corrected chi connectivity index (χ1v) is 10.0. The number of fused-ring (bicyclic) bond motifs is 1. The Hall–Kier alpha value is -2.27. The van der Waals surface area contributed by atoms with E-state index in [1.165, 1.54) is 5.56 Å². The monoisotopic (exact) mass is 368 g/mol. The van der Waals surface area contributed by atoms with Gasteiger partial charge in [-0.25, -0.2) is 0 Å². The Bertz CT molecular complexity index is 777. The molecule has 0 aromatic heterocycles. The van der Waals surface area contributed by atoms with Crippen LogP contribution in [-0.2, 0) is 17.1 Å². The van der Waals surface area contributed by atoms with Crippen LogP contribution in [0.25, 0.3) is 0 Å².